The highest BCUT2D eigenvalue weighted by atomic mass is 16.1. The van der Waals surface area contributed by atoms with Gasteiger partial charge in [-0.2, -0.15) is 0 Å². The van der Waals surface area contributed by atoms with Crippen molar-refractivity contribution in [1.82, 2.24) is 5.32 Å². The highest BCUT2D eigenvalue weighted by molar-refractivity contribution is 5.79. The zero-order valence-corrected chi connectivity index (χ0v) is 11.1. The van der Waals surface area contributed by atoms with Gasteiger partial charge in [-0.3, -0.25) is 4.79 Å². The van der Waals surface area contributed by atoms with E-state index >= 15 is 0 Å². The Hall–Kier alpha value is -0.570. The standard InChI is InChI=1S/C14H26N2O/c1-9-4-3-5-13(10(9)2)16-14(17)11-6-7-12(15)8-11/h9-13H,3-8,15H2,1-2H3,(H,16,17). The highest BCUT2D eigenvalue weighted by Gasteiger charge is 2.32. The van der Waals surface area contributed by atoms with Crippen LogP contribution >= 0.6 is 0 Å². The van der Waals surface area contributed by atoms with E-state index in [4.69, 9.17) is 5.73 Å². The van der Waals surface area contributed by atoms with Gasteiger partial charge >= 0.3 is 0 Å². The van der Waals surface area contributed by atoms with Crippen LogP contribution in [0.25, 0.3) is 0 Å². The van der Waals surface area contributed by atoms with Gasteiger partial charge in [0.25, 0.3) is 0 Å². The Morgan fingerprint density at radius 1 is 1.18 bits per heavy atom. The Morgan fingerprint density at radius 3 is 2.59 bits per heavy atom. The van der Waals surface area contributed by atoms with Gasteiger partial charge in [0.15, 0.2) is 0 Å². The molecule has 2 saturated carbocycles. The summed E-state index contributed by atoms with van der Waals surface area (Å²) in [6.07, 6.45) is 6.57. The van der Waals surface area contributed by atoms with Gasteiger partial charge in [-0.1, -0.05) is 26.7 Å². The number of hydrogen-bond acceptors (Lipinski definition) is 2. The molecule has 0 bridgehead atoms. The largest absolute Gasteiger partial charge is 0.353 e. The Labute approximate surface area is 105 Å². The molecule has 2 rings (SSSR count). The minimum Gasteiger partial charge on any atom is -0.353 e. The average molecular weight is 238 g/mol. The van der Waals surface area contributed by atoms with Crippen LogP contribution in [0.1, 0.15) is 52.4 Å². The van der Waals surface area contributed by atoms with Crippen molar-refractivity contribution in [2.24, 2.45) is 23.5 Å². The summed E-state index contributed by atoms with van der Waals surface area (Å²) in [5, 5.41) is 3.27. The topological polar surface area (TPSA) is 55.1 Å². The van der Waals surface area contributed by atoms with E-state index in [-0.39, 0.29) is 17.9 Å². The molecule has 0 heterocycles. The number of amides is 1. The van der Waals surface area contributed by atoms with Crippen LogP contribution < -0.4 is 11.1 Å². The molecule has 1 amide bonds. The lowest BCUT2D eigenvalue weighted by Gasteiger charge is -2.35. The summed E-state index contributed by atoms with van der Waals surface area (Å²) in [7, 11) is 0. The fraction of sp³-hybridized carbons (Fsp3) is 0.929. The Balaban J connectivity index is 1.85. The van der Waals surface area contributed by atoms with Crippen LogP contribution in [-0.2, 0) is 4.79 Å². The molecule has 5 atom stereocenters. The molecule has 0 spiro atoms. The minimum absolute atomic E-state index is 0.175. The van der Waals surface area contributed by atoms with Crippen molar-refractivity contribution in [1.29, 1.82) is 0 Å². The summed E-state index contributed by atoms with van der Waals surface area (Å²) in [6.45, 7) is 4.57. The highest BCUT2D eigenvalue weighted by Crippen LogP contribution is 2.30. The van der Waals surface area contributed by atoms with E-state index in [1.54, 1.807) is 0 Å². The van der Waals surface area contributed by atoms with Gasteiger partial charge in [0, 0.05) is 18.0 Å². The molecule has 2 aliphatic carbocycles. The molecule has 0 aromatic rings. The Kier molecular flexibility index (Phi) is 4.08. The third-order valence-electron chi connectivity index (χ3n) is 4.88. The van der Waals surface area contributed by atoms with Gasteiger partial charge in [0.1, 0.15) is 0 Å². The van der Waals surface area contributed by atoms with Gasteiger partial charge in [-0.15, -0.1) is 0 Å². The van der Waals surface area contributed by atoms with Crippen molar-refractivity contribution in [2.75, 3.05) is 0 Å². The van der Waals surface area contributed by atoms with Gasteiger partial charge in [0.05, 0.1) is 0 Å². The fourth-order valence-electron chi connectivity index (χ4n) is 3.34. The maximum absolute atomic E-state index is 12.1. The van der Waals surface area contributed by atoms with E-state index in [1.807, 2.05) is 0 Å². The van der Waals surface area contributed by atoms with E-state index in [9.17, 15) is 4.79 Å². The van der Waals surface area contributed by atoms with Crippen molar-refractivity contribution < 1.29 is 4.79 Å². The Bertz CT molecular complexity index is 279. The maximum atomic E-state index is 12.1. The van der Waals surface area contributed by atoms with Crippen LogP contribution in [0, 0.1) is 17.8 Å². The van der Waals surface area contributed by atoms with Crippen LogP contribution in [0.15, 0.2) is 0 Å². The summed E-state index contributed by atoms with van der Waals surface area (Å²) in [5.74, 6) is 1.78. The van der Waals surface area contributed by atoms with E-state index in [0.29, 0.717) is 12.0 Å². The first-order chi connectivity index (χ1) is 8.08. The molecule has 3 heteroatoms. The lowest BCUT2D eigenvalue weighted by Crippen LogP contribution is -2.45. The second kappa shape index (κ2) is 5.38. The summed E-state index contributed by atoms with van der Waals surface area (Å²) >= 11 is 0. The van der Waals surface area contributed by atoms with Crippen molar-refractivity contribution in [3.05, 3.63) is 0 Å². The average Bonchev–Trinajstić information content (AvgIpc) is 2.72. The molecule has 0 aromatic carbocycles. The SMILES string of the molecule is CC1CCCC(NC(=O)C2CCC(N)C2)C1C. The lowest BCUT2D eigenvalue weighted by atomic mass is 9.78. The Morgan fingerprint density at radius 2 is 1.94 bits per heavy atom. The van der Waals surface area contributed by atoms with Gasteiger partial charge in [0.2, 0.25) is 5.91 Å². The second-order valence-corrected chi connectivity index (χ2v) is 6.15. The van der Waals surface area contributed by atoms with E-state index in [1.165, 1.54) is 12.8 Å². The van der Waals surface area contributed by atoms with Crippen molar-refractivity contribution in [2.45, 2.75) is 64.5 Å². The first-order valence-electron chi connectivity index (χ1n) is 7.14. The van der Waals surface area contributed by atoms with Crippen molar-refractivity contribution in [3.63, 3.8) is 0 Å². The number of nitrogens with two attached hydrogens (primary N) is 1. The van der Waals surface area contributed by atoms with E-state index in [2.05, 4.69) is 19.2 Å². The molecule has 0 aliphatic heterocycles. The van der Waals surface area contributed by atoms with Crippen LogP contribution in [0.5, 0.6) is 0 Å². The zero-order valence-electron chi connectivity index (χ0n) is 11.1. The number of nitrogens with one attached hydrogen (secondary N) is 1. The molecule has 5 unspecified atom stereocenters. The van der Waals surface area contributed by atoms with Crippen molar-refractivity contribution >= 4 is 5.91 Å². The summed E-state index contributed by atoms with van der Waals surface area (Å²) in [6, 6.07) is 0.636. The fourth-order valence-corrected chi connectivity index (χ4v) is 3.34. The molecule has 98 valence electrons. The molecule has 2 fully saturated rings. The van der Waals surface area contributed by atoms with E-state index < -0.39 is 0 Å². The predicted octanol–water partition coefficient (Wildman–Crippen LogP) is 2.05. The summed E-state index contributed by atoms with van der Waals surface area (Å²) in [5.41, 5.74) is 5.87. The maximum Gasteiger partial charge on any atom is 0.223 e. The quantitative estimate of drug-likeness (QED) is 0.773. The first kappa shape index (κ1) is 12.9. The predicted molar refractivity (Wildman–Crippen MR) is 69.4 cm³/mol. The number of carbonyl (C=O) groups is 1. The monoisotopic (exact) mass is 238 g/mol. The summed E-state index contributed by atoms with van der Waals surface area (Å²) < 4.78 is 0. The molecule has 2 aliphatic rings. The number of carbonyl (C=O) groups excluding carboxylic acids is 1. The van der Waals surface area contributed by atoms with Crippen LogP contribution in [-0.4, -0.2) is 18.0 Å². The smallest absolute Gasteiger partial charge is 0.223 e. The van der Waals surface area contributed by atoms with Gasteiger partial charge < -0.3 is 11.1 Å². The van der Waals surface area contributed by atoms with Crippen LogP contribution in [0.3, 0.4) is 0 Å². The summed E-state index contributed by atoms with van der Waals surface area (Å²) in [4.78, 5) is 12.1. The molecule has 0 saturated heterocycles. The third-order valence-corrected chi connectivity index (χ3v) is 4.88. The second-order valence-electron chi connectivity index (χ2n) is 6.15. The zero-order chi connectivity index (χ0) is 12.4. The number of rotatable bonds is 2. The normalized spacial score (nSPS) is 42.4. The molecule has 0 radical (unpaired) electrons. The molecular formula is C14H26N2O. The molecule has 3 nitrogen and oxygen atoms in total. The number of hydrogen-bond donors (Lipinski definition) is 2. The molecule has 0 aromatic heterocycles. The van der Waals surface area contributed by atoms with Crippen molar-refractivity contribution in [3.8, 4) is 0 Å². The van der Waals surface area contributed by atoms with Gasteiger partial charge in [-0.05, 0) is 37.5 Å². The molecule has 17 heavy (non-hydrogen) atoms. The lowest BCUT2D eigenvalue weighted by molar-refractivity contribution is -0.126. The van der Waals surface area contributed by atoms with Gasteiger partial charge in [-0.25, -0.2) is 0 Å². The first-order valence-corrected chi connectivity index (χ1v) is 7.14. The third kappa shape index (κ3) is 3.01. The van der Waals surface area contributed by atoms with Crippen LogP contribution in [0.2, 0.25) is 0 Å². The molecule has 3 N–H and O–H groups in total. The molecular weight excluding hydrogens is 212 g/mol. The minimum atomic E-state index is 0.175. The van der Waals surface area contributed by atoms with Crippen LogP contribution in [0.4, 0.5) is 0 Å². The van der Waals surface area contributed by atoms with E-state index in [0.717, 1.165) is 31.6 Å².